The standard InChI is InChI=1S/C21H22BrN3O3/c1-13-10-17(22)5-6-18(13)23-20(27)12-24(3)21(28)16-4-7-19-15(11-16)8-9-25(19)14(2)26/h4-7,10-11H,8-9,12H2,1-3H3,(H,23,27). The first kappa shape index (κ1) is 20.1. The average Bonchev–Trinajstić information content (AvgIpc) is 3.06. The van der Waals surface area contributed by atoms with Crippen LogP contribution in [0.5, 0.6) is 0 Å². The van der Waals surface area contributed by atoms with Crippen molar-refractivity contribution >= 4 is 45.0 Å². The van der Waals surface area contributed by atoms with Crippen molar-refractivity contribution in [1.29, 1.82) is 0 Å². The van der Waals surface area contributed by atoms with Crippen LogP contribution in [0.4, 0.5) is 11.4 Å². The Morgan fingerprint density at radius 1 is 1.18 bits per heavy atom. The highest BCUT2D eigenvalue weighted by molar-refractivity contribution is 9.10. The lowest BCUT2D eigenvalue weighted by Crippen LogP contribution is -2.35. The van der Waals surface area contributed by atoms with E-state index in [4.69, 9.17) is 0 Å². The van der Waals surface area contributed by atoms with Gasteiger partial charge in [-0.3, -0.25) is 14.4 Å². The Morgan fingerprint density at radius 2 is 1.93 bits per heavy atom. The highest BCUT2D eigenvalue weighted by Crippen LogP contribution is 2.29. The van der Waals surface area contributed by atoms with Crippen LogP contribution in [-0.2, 0) is 16.0 Å². The zero-order chi connectivity index (χ0) is 20.4. The second-order valence-electron chi connectivity index (χ2n) is 6.93. The van der Waals surface area contributed by atoms with Crippen molar-refractivity contribution in [1.82, 2.24) is 4.90 Å². The molecule has 0 spiro atoms. The molecule has 3 rings (SSSR count). The maximum atomic E-state index is 12.7. The molecule has 28 heavy (non-hydrogen) atoms. The molecule has 2 aromatic rings. The third kappa shape index (κ3) is 4.25. The molecule has 1 aliphatic heterocycles. The Morgan fingerprint density at radius 3 is 2.61 bits per heavy atom. The van der Waals surface area contributed by atoms with Crippen molar-refractivity contribution in [3.8, 4) is 0 Å². The summed E-state index contributed by atoms with van der Waals surface area (Å²) < 4.78 is 0.940. The van der Waals surface area contributed by atoms with Crippen LogP contribution in [0.25, 0.3) is 0 Å². The average molecular weight is 444 g/mol. The third-order valence-corrected chi connectivity index (χ3v) is 5.29. The van der Waals surface area contributed by atoms with Crippen molar-refractivity contribution in [2.24, 2.45) is 0 Å². The van der Waals surface area contributed by atoms with E-state index in [0.29, 0.717) is 12.1 Å². The maximum absolute atomic E-state index is 12.7. The number of carbonyl (C=O) groups excluding carboxylic acids is 3. The van der Waals surface area contributed by atoms with E-state index in [1.807, 2.05) is 31.2 Å². The van der Waals surface area contributed by atoms with E-state index in [2.05, 4.69) is 21.2 Å². The quantitative estimate of drug-likeness (QED) is 0.786. The molecule has 146 valence electrons. The molecular weight excluding hydrogens is 422 g/mol. The minimum Gasteiger partial charge on any atom is -0.332 e. The Balaban J connectivity index is 1.66. The fourth-order valence-electron chi connectivity index (χ4n) is 3.33. The molecule has 0 saturated carbocycles. The first-order valence-corrected chi connectivity index (χ1v) is 9.78. The molecule has 0 atom stereocenters. The number of carbonyl (C=O) groups is 3. The van der Waals surface area contributed by atoms with Gasteiger partial charge in [0.2, 0.25) is 11.8 Å². The minimum absolute atomic E-state index is 0.00477. The topological polar surface area (TPSA) is 69.7 Å². The van der Waals surface area contributed by atoms with Gasteiger partial charge in [0.15, 0.2) is 0 Å². The van der Waals surface area contributed by atoms with Gasteiger partial charge in [-0.15, -0.1) is 0 Å². The van der Waals surface area contributed by atoms with Crippen LogP contribution in [-0.4, -0.2) is 42.8 Å². The van der Waals surface area contributed by atoms with Gasteiger partial charge >= 0.3 is 0 Å². The van der Waals surface area contributed by atoms with Crippen LogP contribution in [0.1, 0.15) is 28.4 Å². The number of benzene rings is 2. The summed E-state index contributed by atoms with van der Waals surface area (Å²) in [4.78, 5) is 39.8. The van der Waals surface area contributed by atoms with Crippen LogP contribution in [0, 0.1) is 6.92 Å². The minimum atomic E-state index is -0.259. The Kier molecular flexibility index (Phi) is 5.84. The van der Waals surface area contributed by atoms with Crippen molar-refractivity contribution in [2.75, 3.05) is 30.4 Å². The van der Waals surface area contributed by atoms with Crippen molar-refractivity contribution in [3.63, 3.8) is 0 Å². The largest absolute Gasteiger partial charge is 0.332 e. The summed E-state index contributed by atoms with van der Waals surface area (Å²) in [5.41, 5.74) is 4.00. The molecule has 0 bridgehead atoms. The molecule has 6 nitrogen and oxygen atoms in total. The van der Waals surface area contributed by atoms with Crippen LogP contribution < -0.4 is 10.2 Å². The number of aryl methyl sites for hydroxylation is 1. The summed E-state index contributed by atoms with van der Waals surface area (Å²) in [6, 6.07) is 10.9. The van der Waals surface area contributed by atoms with E-state index in [1.165, 1.54) is 11.8 Å². The van der Waals surface area contributed by atoms with Crippen LogP contribution >= 0.6 is 15.9 Å². The number of fused-ring (bicyclic) bond motifs is 1. The van der Waals surface area contributed by atoms with Gasteiger partial charge in [0.25, 0.3) is 5.91 Å². The van der Waals surface area contributed by atoms with Gasteiger partial charge < -0.3 is 15.1 Å². The molecular formula is C21H22BrN3O3. The number of nitrogens with zero attached hydrogens (tertiary/aromatic N) is 2. The van der Waals surface area contributed by atoms with Gasteiger partial charge in [-0.1, -0.05) is 15.9 Å². The van der Waals surface area contributed by atoms with Crippen molar-refractivity contribution in [2.45, 2.75) is 20.3 Å². The van der Waals surface area contributed by atoms with Crippen molar-refractivity contribution in [3.05, 3.63) is 57.6 Å². The van der Waals surface area contributed by atoms with Gasteiger partial charge in [0.05, 0.1) is 6.54 Å². The summed E-state index contributed by atoms with van der Waals surface area (Å²) in [6.07, 6.45) is 0.725. The zero-order valence-corrected chi connectivity index (χ0v) is 17.7. The second-order valence-corrected chi connectivity index (χ2v) is 7.85. The van der Waals surface area contributed by atoms with E-state index in [1.54, 1.807) is 24.1 Å². The summed E-state index contributed by atoms with van der Waals surface area (Å²) in [5.74, 6) is -0.494. The molecule has 1 N–H and O–H groups in total. The van der Waals surface area contributed by atoms with E-state index in [-0.39, 0.29) is 24.3 Å². The lowest BCUT2D eigenvalue weighted by atomic mass is 10.1. The smallest absolute Gasteiger partial charge is 0.254 e. The monoisotopic (exact) mass is 443 g/mol. The molecule has 0 saturated heterocycles. The lowest BCUT2D eigenvalue weighted by molar-refractivity contribution is -0.117. The SMILES string of the molecule is CC(=O)N1CCc2cc(C(=O)N(C)CC(=O)Nc3ccc(Br)cc3C)ccc21. The molecule has 0 aromatic heterocycles. The fourth-order valence-corrected chi connectivity index (χ4v) is 3.80. The van der Waals surface area contributed by atoms with Gasteiger partial charge in [-0.05, 0) is 60.9 Å². The van der Waals surface area contributed by atoms with E-state index in [9.17, 15) is 14.4 Å². The van der Waals surface area contributed by atoms with Gasteiger partial charge in [0, 0.05) is 41.9 Å². The first-order valence-electron chi connectivity index (χ1n) is 8.99. The Hall–Kier alpha value is -2.67. The molecule has 0 aliphatic carbocycles. The van der Waals surface area contributed by atoms with Gasteiger partial charge in [-0.2, -0.15) is 0 Å². The lowest BCUT2D eigenvalue weighted by Gasteiger charge is -2.19. The third-order valence-electron chi connectivity index (χ3n) is 4.79. The van der Waals surface area contributed by atoms with Gasteiger partial charge in [-0.25, -0.2) is 0 Å². The molecule has 0 unspecified atom stereocenters. The number of rotatable bonds is 4. The summed E-state index contributed by atoms with van der Waals surface area (Å²) in [7, 11) is 1.60. The van der Waals surface area contributed by atoms with E-state index < -0.39 is 0 Å². The summed E-state index contributed by atoms with van der Waals surface area (Å²) in [6.45, 7) is 4.02. The molecule has 0 radical (unpaired) electrons. The highest BCUT2D eigenvalue weighted by Gasteiger charge is 2.24. The van der Waals surface area contributed by atoms with Gasteiger partial charge in [0.1, 0.15) is 0 Å². The number of hydrogen-bond donors (Lipinski definition) is 1. The Bertz CT molecular complexity index is 958. The number of amides is 3. The maximum Gasteiger partial charge on any atom is 0.254 e. The molecule has 1 aliphatic rings. The van der Waals surface area contributed by atoms with Crippen molar-refractivity contribution < 1.29 is 14.4 Å². The summed E-state index contributed by atoms with van der Waals surface area (Å²) in [5, 5.41) is 2.84. The fraction of sp³-hybridized carbons (Fsp3) is 0.286. The molecule has 0 fully saturated rings. The van der Waals surface area contributed by atoms with E-state index in [0.717, 1.165) is 33.4 Å². The Labute approximate surface area is 172 Å². The number of anilines is 2. The number of hydrogen-bond acceptors (Lipinski definition) is 3. The highest BCUT2D eigenvalue weighted by atomic mass is 79.9. The molecule has 3 amide bonds. The van der Waals surface area contributed by atoms with Crippen LogP contribution in [0.3, 0.4) is 0 Å². The summed E-state index contributed by atoms with van der Waals surface area (Å²) >= 11 is 3.39. The van der Waals surface area contributed by atoms with Crippen LogP contribution in [0.15, 0.2) is 40.9 Å². The number of halogens is 1. The predicted molar refractivity (Wildman–Crippen MR) is 113 cm³/mol. The number of nitrogens with one attached hydrogen (secondary N) is 1. The number of likely N-dealkylation sites (N-methyl/N-ethyl adjacent to an activating group) is 1. The molecule has 7 heteroatoms. The normalized spacial score (nSPS) is 12.5. The zero-order valence-electron chi connectivity index (χ0n) is 16.1. The predicted octanol–water partition coefficient (Wildman–Crippen LogP) is 3.38. The first-order chi connectivity index (χ1) is 13.3. The van der Waals surface area contributed by atoms with Crippen LogP contribution in [0.2, 0.25) is 0 Å². The second kappa shape index (κ2) is 8.14. The van der Waals surface area contributed by atoms with E-state index >= 15 is 0 Å². The molecule has 1 heterocycles. The molecule has 2 aromatic carbocycles.